The van der Waals surface area contributed by atoms with Crippen LogP contribution in [-0.2, 0) is 25.2 Å². The zero-order chi connectivity index (χ0) is 4.99. The summed E-state index contributed by atoms with van der Waals surface area (Å²) in [4.78, 5) is 9.36. The standard InChI is InChI=1S/C4H7O2.Re/c1-2-4(6)3-5;/h4,6H,2H2,1H3;/q-1;/t4-;/m1./s1. The predicted molar refractivity (Wildman–Crippen MR) is 22.0 cm³/mol. The van der Waals surface area contributed by atoms with Crippen molar-refractivity contribution in [2.75, 3.05) is 0 Å². The van der Waals surface area contributed by atoms with Crippen LogP contribution in [0.2, 0.25) is 0 Å². The largest absolute Gasteiger partial charge is 0.539 e. The molecule has 1 N–H and O–H groups in total. The first kappa shape index (κ1) is 10.3. The minimum absolute atomic E-state index is 0. The zero-order valence-electron chi connectivity index (χ0n) is 4.02. The fraction of sp³-hybridized carbons (Fsp3) is 0.750. The van der Waals surface area contributed by atoms with Crippen molar-refractivity contribution >= 4 is 6.29 Å². The van der Waals surface area contributed by atoms with Gasteiger partial charge in [-0.15, -0.1) is 0 Å². The Bertz CT molecular complexity index is 47.0. The molecule has 0 amide bonds. The molecule has 43 valence electrons. The number of hydrogen-bond acceptors (Lipinski definition) is 2. The summed E-state index contributed by atoms with van der Waals surface area (Å²) < 4.78 is 0. The number of carbonyl (C=O) groups excluding carboxylic acids is 1. The first-order valence-corrected chi connectivity index (χ1v) is 1.87. The summed E-state index contributed by atoms with van der Waals surface area (Å²) in [6, 6.07) is 0. The molecular formula is C4H7O2Re-. The summed E-state index contributed by atoms with van der Waals surface area (Å²) in [5, 5.41) is 8.24. The molecule has 0 aromatic rings. The second kappa shape index (κ2) is 6.29. The molecular weight excluding hydrogens is 266 g/mol. The van der Waals surface area contributed by atoms with Gasteiger partial charge in [-0.25, -0.2) is 6.29 Å². The van der Waals surface area contributed by atoms with Crippen LogP contribution < -0.4 is 0 Å². The molecule has 3 heteroatoms. The molecule has 0 bridgehead atoms. The maximum atomic E-state index is 9.36. The molecule has 0 saturated heterocycles. The van der Waals surface area contributed by atoms with Crippen molar-refractivity contribution in [1.82, 2.24) is 0 Å². The van der Waals surface area contributed by atoms with Crippen molar-refractivity contribution in [3.63, 3.8) is 0 Å². The minimum Gasteiger partial charge on any atom is -0.539 e. The van der Waals surface area contributed by atoms with Crippen LogP contribution in [0, 0.1) is 0 Å². The van der Waals surface area contributed by atoms with Crippen molar-refractivity contribution in [1.29, 1.82) is 0 Å². The third-order valence-electron chi connectivity index (χ3n) is 0.523. The van der Waals surface area contributed by atoms with Crippen molar-refractivity contribution < 1.29 is 30.3 Å². The Morgan fingerprint density at radius 1 is 1.86 bits per heavy atom. The van der Waals surface area contributed by atoms with Crippen molar-refractivity contribution in [3.05, 3.63) is 0 Å². The summed E-state index contributed by atoms with van der Waals surface area (Å²) in [5.74, 6) is 0. The quantitative estimate of drug-likeness (QED) is 0.711. The van der Waals surface area contributed by atoms with E-state index < -0.39 is 6.10 Å². The summed E-state index contributed by atoms with van der Waals surface area (Å²) in [7, 11) is 0. The van der Waals surface area contributed by atoms with E-state index in [0.29, 0.717) is 6.42 Å². The first-order chi connectivity index (χ1) is 2.81. The van der Waals surface area contributed by atoms with E-state index in [2.05, 4.69) is 0 Å². The monoisotopic (exact) mass is 274 g/mol. The molecule has 0 aromatic carbocycles. The molecule has 0 spiro atoms. The minimum atomic E-state index is -0.870. The number of aliphatic hydroxyl groups is 1. The van der Waals surface area contributed by atoms with E-state index >= 15 is 0 Å². The second-order valence-electron chi connectivity index (χ2n) is 1.04. The predicted octanol–water partition coefficient (Wildman–Crippen LogP) is -0.135. The maximum Gasteiger partial charge on any atom is 0 e. The van der Waals surface area contributed by atoms with E-state index in [1.165, 1.54) is 6.29 Å². The van der Waals surface area contributed by atoms with Crippen LogP contribution in [0.3, 0.4) is 0 Å². The third kappa shape index (κ3) is 6.29. The first-order valence-electron chi connectivity index (χ1n) is 1.87. The molecule has 2 nitrogen and oxygen atoms in total. The zero-order valence-corrected chi connectivity index (χ0v) is 6.73. The van der Waals surface area contributed by atoms with Crippen LogP contribution in [-0.4, -0.2) is 17.5 Å². The van der Waals surface area contributed by atoms with Gasteiger partial charge >= 0.3 is 0 Å². The normalized spacial score (nSPS) is 11.7. The average molecular weight is 273 g/mol. The Morgan fingerprint density at radius 3 is 2.29 bits per heavy atom. The Labute approximate surface area is 56.6 Å². The summed E-state index contributed by atoms with van der Waals surface area (Å²) in [6.45, 7) is 1.72. The van der Waals surface area contributed by atoms with E-state index in [1.807, 2.05) is 0 Å². The Hall–Kier alpha value is 0.292. The topological polar surface area (TPSA) is 37.3 Å². The van der Waals surface area contributed by atoms with E-state index in [9.17, 15) is 4.79 Å². The maximum absolute atomic E-state index is 9.36. The molecule has 0 unspecified atom stereocenters. The molecule has 0 aliphatic heterocycles. The second-order valence-corrected chi connectivity index (χ2v) is 1.04. The smallest absolute Gasteiger partial charge is 0 e. The molecule has 0 fully saturated rings. The molecule has 1 radical (unpaired) electrons. The van der Waals surface area contributed by atoms with Gasteiger partial charge in [0.2, 0.25) is 0 Å². The van der Waals surface area contributed by atoms with Gasteiger partial charge in [-0.1, -0.05) is 13.3 Å². The van der Waals surface area contributed by atoms with Crippen LogP contribution >= 0.6 is 0 Å². The molecule has 0 saturated carbocycles. The van der Waals surface area contributed by atoms with Gasteiger partial charge in [0.15, 0.2) is 0 Å². The van der Waals surface area contributed by atoms with Gasteiger partial charge in [0.1, 0.15) is 0 Å². The molecule has 0 aromatic heterocycles. The molecule has 0 aliphatic carbocycles. The fourth-order valence-electron chi connectivity index (χ4n) is 0.0833. The van der Waals surface area contributed by atoms with E-state index in [-0.39, 0.29) is 20.4 Å². The van der Waals surface area contributed by atoms with Gasteiger partial charge in [0, 0.05) is 20.4 Å². The van der Waals surface area contributed by atoms with E-state index in [4.69, 9.17) is 5.11 Å². The Morgan fingerprint density at radius 2 is 2.29 bits per heavy atom. The van der Waals surface area contributed by atoms with Crippen LogP contribution in [0.4, 0.5) is 0 Å². The van der Waals surface area contributed by atoms with Crippen LogP contribution in [0.1, 0.15) is 13.3 Å². The molecule has 7 heavy (non-hydrogen) atoms. The average Bonchev–Trinajstić information content (AvgIpc) is 1.65. The number of aliphatic hydroxyl groups excluding tert-OH is 1. The van der Waals surface area contributed by atoms with Gasteiger partial charge in [-0.3, -0.25) is 0 Å². The van der Waals surface area contributed by atoms with E-state index in [0.717, 1.165) is 0 Å². The Balaban J connectivity index is 0. The molecule has 0 aliphatic rings. The van der Waals surface area contributed by atoms with E-state index in [1.54, 1.807) is 6.92 Å². The van der Waals surface area contributed by atoms with Gasteiger partial charge < -0.3 is 9.90 Å². The fourth-order valence-corrected chi connectivity index (χ4v) is 0.0833. The Kier molecular flexibility index (Phi) is 9.27. The van der Waals surface area contributed by atoms with Crippen molar-refractivity contribution in [2.24, 2.45) is 0 Å². The summed E-state index contributed by atoms with van der Waals surface area (Å²) >= 11 is 0. The van der Waals surface area contributed by atoms with Gasteiger partial charge in [0.05, 0.1) is 0 Å². The summed E-state index contributed by atoms with van der Waals surface area (Å²) in [5.41, 5.74) is 0. The third-order valence-corrected chi connectivity index (χ3v) is 0.523. The number of hydrogen-bond donors (Lipinski definition) is 1. The number of rotatable bonds is 2. The van der Waals surface area contributed by atoms with Gasteiger partial charge in [-0.05, 0) is 6.10 Å². The SMILES string of the molecule is CC[C@@H](O)[C-]=O.[Re]. The molecule has 1 atom stereocenters. The van der Waals surface area contributed by atoms with Gasteiger partial charge in [-0.2, -0.15) is 0 Å². The van der Waals surface area contributed by atoms with Crippen molar-refractivity contribution in [3.8, 4) is 0 Å². The van der Waals surface area contributed by atoms with Gasteiger partial charge in [0.25, 0.3) is 0 Å². The summed E-state index contributed by atoms with van der Waals surface area (Å²) in [6.07, 6.45) is 1.01. The van der Waals surface area contributed by atoms with Crippen LogP contribution in [0.25, 0.3) is 0 Å². The van der Waals surface area contributed by atoms with Crippen molar-refractivity contribution in [2.45, 2.75) is 19.4 Å². The molecule has 0 rings (SSSR count). The van der Waals surface area contributed by atoms with Crippen LogP contribution in [0.5, 0.6) is 0 Å². The molecule has 0 heterocycles. The van der Waals surface area contributed by atoms with Crippen LogP contribution in [0.15, 0.2) is 0 Å².